The van der Waals surface area contributed by atoms with E-state index in [1.165, 1.54) is 25.0 Å². The van der Waals surface area contributed by atoms with Gasteiger partial charge in [-0.2, -0.15) is 0 Å². The van der Waals surface area contributed by atoms with E-state index in [4.69, 9.17) is 0 Å². The third kappa shape index (κ3) is 3.59. The maximum atomic E-state index is 10.1. The first kappa shape index (κ1) is 13.6. The minimum atomic E-state index is -0.165. The molecule has 18 heavy (non-hydrogen) atoms. The van der Waals surface area contributed by atoms with Crippen molar-refractivity contribution in [1.82, 2.24) is 9.88 Å². The highest BCUT2D eigenvalue weighted by Crippen LogP contribution is 2.18. The average molecular weight is 250 g/mol. The molecule has 102 valence electrons. The maximum Gasteiger partial charge on any atom is 0.0693 e. The average Bonchev–Trinajstić information content (AvgIpc) is 2.70. The summed E-state index contributed by atoms with van der Waals surface area (Å²) in [7, 11) is 0. The van der Waals surface area contributed by atoms with Gasteiger partial charge in [-0.1, -0.05) is 26.2 Å². The predicted molar refractivity (Wildman–Crippen MR) is 74.4 cm³/mol. The van der Waals surface area contributed by atoms with Gasteiger partial charge < -0.3 is 15.0 Å². The van der Waals surface area contributed by atoms with Gasteiger partial charge in [-0.3, -0.25) is 0 Å². The Kier molecular flexibility index (Phi) is 5.26. The van der Waals surface area contributed by atoms with Gasteiger partial charge in [0, 0.05) is 31.0 Å². The minimum absolute atomic E-state index is 0.165. The summed E-state index contributed by atoms with van der Waals surface area (Å²) in [6.07, 6.45) is 8.88. The van der Waals surface area contributed by atoms with Gasteiger partial charge in [0.05, 0.1) is 6.10 Å². The van der Waals surface area contributed by atoms with Gasteiger partial charge in [-0.25, -0.2) is 0 Å². The molecule has 1 aliphatic rings. The summed E-state index contributed by atoms with van der Waals surface area (Å²) in [4.78, 5) is 0. The van der Waals surface area contributed by atoms with E-state index in [1.807, 2.05) is 0 Å². The van der Waals surface area contributed by atoms with Crippen molar-refractivity contribution in [3.05, 3.63) is 24.0 Å². The molecule has 1 fully saturated rings. The van der Waals surface area contributed by atoms with Gasteiger partial charge >= 0.3 is 0 Å². The van der Waals surface area contributed by atoms with Crippen LogP contribution in [0.15, 0.2) is 18.3 Å². The Morgan fingerprint density at radius 2 is 2.17 bits per heavy atom. The van der Waals surface area contributed by atoms with Crippen LogP contribution >= 0.6 is 0 Å². The van der Waals surface area contributed by atoms with Gasteiger partial charge in [-0.05, 0) is 31.4 Å². The fraction of sp³-hybridized carbons (Fsp3) is 0.733. The fourth-order valence-electron chi connectivity index (χ4n) is 2.83. The van der Waals surface area contributed by atoms with Crippen LogP contribution in [0, 0.1) is 0 Å². The van der Waals surface area contributed by atoms with E-state index in [0.29, 0.717) is 0 Å². The maximum absolute atomic E-state index is 10.1. The van der Waals surface area contributed by atoms with Gasteiger partial charge in [0.25, 0.3) is 0 Å². The van der Waals surface area contributed by atoms with E-state index in [2.05, 4.69) is 35.1 Å². The summed E-state index contributed by atoms with van der Waals surface area (Å²) in [6.45, 7) is 4.15. The van der Waals surface area contributed by atoms with Crippen molar-refractivity contribution in [2.75, 3.05) is 0 Å². The first-order valence-electron chi connectivity index (χ1n) is 7.36. The first-order chi connectivity index (χ1) is 8.81. The lowest BCUT2D eigenvalue weighted by atomic mass is 10.1. The molecule has 0 saturated heterocycles. The lowest BCUT2D eigenvalue weighted by molar-refractivity contribution is 0.119. The Morgan fingerprint density at radius 1 is 1.33 bits per heavy atom. The molecule has 0 amide bonds. The second kappa shape index (κ2) is 6.95. The van der Waals surface area contributed by atoms with Crippen molar-refractivity contribution in [2.24, 2.45) is 0 Å². The van der Waals surface area contributed by atoms with Crippen LogP contribution < -0.4 is 5.32 Å². The predicted octanol–water partition coefficient (Wildman–Crippen LogP) is 2.68. The lowest BCUT2D eigenvalue weighted by Crippen LogP contribution is -2.39. The van der Waals surface area contributed by atoms with E-state index in [0.717, 1.165) is 32.4 Å². The number of nitrogens with one attached hydrogen (secondary N) is 1. The highest BCUT2D eigenvalue weighted by atomic mass is 16.3. The van der Waals surface area contributed by atoms with Gasteiger partial charge in [0.2, 0.25) is 0 Å². The molecule has 0 aliphatic heterocycles. The molecule has 1 saturated carbocycles. The minimum Gasteiger partial charge on any atom is -0.392 e. The largest absolute Gasteiger partial charge is 0.392 e. The molecule has 3 nitrogen and oxygen atoms in total. The molecule has 2 atom stereocenters. The van der Waals surface area contributed by atoms with Crippen molar-refractivity contribution in [1.29, 1.82) is 0 Å². The molecule has 0 aromatic carbocycles. The number of aryl methyl sites for hydroxylation is 1. The molecule has 0 radical (unpaired) electrons. The van der Waals surface area contributed by atoms with Crippen LogP contribution in [0.1, 0.15) is 51.1 Å². The first-order valence-corrected chi connectivity index (χ1v) is 7.36. The summed E-state index contributed by atoms with van der Waals surface area (Å²) in [5.41, 5.74) is 1.33. The Bertz CT molecular complexity index is 348. The molecular formula is C15H26N2O. The van der Waals surface area contributed by atoms with E-state index in [9.17, 15) is 5.11 Å². The third-order valence-corrected chi connectivity index (χ3v) is 3.91. The molecule has 0 spiro atoms. The van der Waals surface area contributed by atoms with Crippen molar-refractivity contribution in [3.8, 4) is 0 Å². The number of nitrogens with zero attached hydrogens (tertiary/aromatic N) is 1. The van der Waals surface area contributed by atoms with Crippen molar-refractivity contribution < 1.29 is 5.11 Å². The number of hydrogen-bond donors (Lipinski definition) is 2. The van der Waals surface area contributed by atoms with Crippen LogP contribution in [0.25, 0.3) is 0 Å². The second-order valence-corrected chi connectivity index (χ2v) is 5.39. The van der Waals surface area contributed by atoms with Crippen LogP contribution in [0.4, 0.5) is 0 Å². The van der Waals surface area contributed by atoms with Crippen LogP contribution in [-0.2, 0) is 13.1 Å². The SMILES string of the molecule is CCCn1cccc1CNC1CCCCCC1O. The molecule has 2 unspecified atom stereocenters. The molecule has 1 aromatic rings. The number of aliphatic hydroxyl groups excluding tert-OH is 1. The van der Waals surface area contributed by atoms with Crippen molar-refractivity contribution in [3.63, 3.8) is 0 Å². The van der Waals surface area contributed by atoms with Gasteiger partial charge in [0.15, 0.2) is 0 Å². The van der Waals surface area contributed by atoms with Crippen molar-refractivity contribution >= 4 is 0 Å². The zero-order chi connectivity index (χ0) is 12.8. The zero-order valence-electron chi connectivity index (χ0n) is 11.4. The Labute approximate surface area is 110 Å². The molecule has 0 bridgehead atoms. The van der Waals surface area contributed by atoms with Crippen LogP contribution in [0.5, 0.6) is 0 Å². The summed E-state index contributed by atoms with van der Waals surface area (Å²) >= 11 is 0. The van der Waals surface area contributed by atoms with E-state index in [1.54, 1.807) is 0 Å². The summed E-state index contributed by atoms with van der Waals surface area (Å²) in [5.74, 6) is 0. The summed E-state index contributed by atoms with van der Waals surface area (Å²) < 4.78 is 2.30. The fourth-order valence-corrected chi connectivity index (χ4v) is 2.83. The Balaban J connectivity index is 1.87. The topological polar surface area (TPSA) is 37.2 Å². The number of aliphatic hydroxyl groups is 1. The Hall–Kier alpha value is -0.800. The van der Waals surface area contributed by atoms with Crippen LogP contribution in [0.3, 0.4) is 0 Å². The van der Waals surface area contributed by atoms with E-state index >= 15 is 0 Å². The van der Waals surface area contributed by atoms with Gasteiger partial charge in [0.1, 0.15) is 0 Å². The summed E-state index contributed by atoms with van der Waals surface area (Å²) in [6, 6.07) is 4.56. The molecule has 3 heteroatoms. The molecule has 1 heterocycles. The van der Waals surface area contributed by atoms with E-state index < -0.39 is 0 Å². The van der Waals surface area contributed by atoms with Crippen LogP contribution in [-0.4, -0.2) is 21.8 Å². The van der Waals surface area contributed by atoms with Gasteiger partial charge in [-0.15, -0.1) is 0 Å². The normalized spacial score (nSPS) is 25.0. The Morgan fingerprint density at radius 3 is 3.00 bits per heavy atom. The standard InChI is InChI=1S/C15H26N2O/c1-2-10-17-11-6-7-13(17)12-16-14-8-4-3-5-9-15(14)18/h6-7,11,14-16,18H,2-5,8-10,12H2,1H3. The second-order valence-electron chi connectivity index (χ2n) is 5.39. The highest BCUT2D eigenvalue weighted by Gasteiger charge is 2.20. The smallest absolute Gasteiger partial charge is 0.0693 e. The molecule has 2 rings (SSSR count). The third-order valence-electron chi connectivity index (χ3n) is 3.91. The number of aromatic nitrogens is 1. The van der Waals surface area contributed by atoms with Crippen LogP contribution in [0.2, 0.25) is 0 Å². The molecular weight excluding hydrogens is 224 g/mol. The quantitative estimate of drug-likeness (QED) is 0.788. The zero-order valence-corrected chi connectivity index (χ0v) is 11.4. The summed E-state index contributed by atoms with van der Waals surface area (Å²) in [5, 5.41) is 13.6. The molecule has 2 N–H and O–H groups in total. The lowest BCUT2D eigenvalue weighted by Gasteiger charge is -2.22. The number of rotatable bonds is 5. The van der Waals surface area contributed by atoms with Crippen molar-refractivity contribution in [2.45, 2.75) is 70.7 Å². The van der Waals surface area contributed by atoms with E-state index in [-0.39, 0.29) is 12.1 Å². The highest BCUT2D eigenvalue weighted by molar-refractivity contribution is 5.07. The monoisotopic (exact) mass is 250 g/mol. The number of hydrogen-bond acceptors (Lipinski definition) is 2. The molecule has 1 aromatic heterocycles. The molecule has 1 aliphatic carbocycles.